The number of aliphatic carboxylic acids is 1. The summed E-state index contributed by atoms with van der Waals surface area (Å²) in [7, 11) is 0. The van der Waals surface area contributed by atoms with Gasteiger partial charge in [0.1, 0.15) is 4.75 Å². The Balaban J connectivity index is 2.24. The molecule has 0 saturated carbocycles. The lowest BCUT2D eigenvalue weighted by Crippen LogP contribution is -2.31. The normalized spacial score (nSPS) is 27.0. The summed E-state index contributed by atoms with van der Waals surface area (Å²) in [6.45, 7) is 0. The molecule has 2 nitrogen and oxygen atoms in total. The number of carboxylic acids is 1. The van der Waals surface area contributed by atoms with E-state index in [0.717, 1.165) is 0 Å². The number of thioether (sulfide) groups is 1. The zero-order valence-electron chi connectivity index (χ0n) is 9.54. The van der Waals surface area contributed by atoms with Crippen LogP contribution in [0.1, 0.15) is 11.5 Å². The van der Waals surface area contributed by atoms with Crippen LogP contribution >= 0.6 is 11.8 Å². The highest BCUT2D eigenvalue weighted by Crippen LogP contribution is 2.34. The van der Waals surface area contributed by atoms with Crippen LogP contribution in [0.4, 0.5) is 0 Å². The van der Waals surface area contributed by atoms with Crippen molar-refractivity contribution in [2.45, 2.75) is 10.7 Å². The Hall–Kier alpha value is -1.48. The molecule has 88 valence electrons. The van der Waals surface area contributed by atoms with Crippen LogP contribution in [0.25, 0.3) is 0 Å². The second kappa shape index (κ2) is 4.80. The van der Waals surface area contributed by atoms with Crippen molar-refractivity contribution < 1.29 is 9.90 Å². The third-order valence-electron chi connectivity index (χ3n) is 2.96. The number of hydrogen-bond donors (Lipinski definition) is 1. The van der Waals surface area contributed by atoms with Crippen LogP contribution in [0.15, 0.2) is 54.6 Å². The zero-order chi connectivity index (χ0) is 12.3. The molecule has 0 heterocycles. The first-order valence-electron chi connectivity index (χ1n) is 5.40. The summed E-state index contributed by atoms with van der Waals surface area (Å²) >= 11 is 1.33. The molecule has 0 atom stereocenters. The largest absolute Gasteiger partial charge is 0.480 e. The topological polar surface area (TPSA) is 37.3 Å². The molecular formula is C14H14O2S. The highest BCUT2D eigenvalue weighted by molar-refractivity contribution is 8.01. The molecule has 0 saturated heterocycles. The van der Waals surface area contributed by atoms with E-state index in [9.17, 15) is 9.90 Å². The summed E-state index contributed by atoms with van der Waals surface area (Å²) in [6.07, 6.45) is 9.28. The predicted molar refractivity (Wildman–Crippen MR) is 71.3 cm³/mol. The van der Waals surface area contributed by atoms with Gasteiger partial charge >= 0.3 is 5.97 Å². The van der Waals surface area contributed by atoms with Gasteiger partial charge in [-0.2, -0.15) is 0 Å². The van der Waals surface area contributed by atoms with Crippen LogP contribution < -0.4 is 0 Å². The van der Waals surface area contributed by atoms with E-state index in [2.05, 4.69) is 0 Å². The van der Waals surface area contributed by atoms with Gasteiger partial charge in [-0.05, 0) is 11.8 Å². The summed E-state index contributed by atoms with van der Waals surface area (Å²) in [5.74, 6) is -0.639. The van der Waals surface area contributed by atoms with Gasteiger partial charge in [0.05, 0.1) is 0 Å². The van der Waals surface area contributed by atoms with Gasteiger partial charge in [0.2, 0.25) is 0 Å². The van der Waals surface area contributed by atoms with Crippen molar-refractivity contribution in [2.75, 3.05) is 6.26 Å². The van der Waals surface area contributed by atoms with Gasteiger partial charge in [0, 0.05) is 5.92 Å². The second-order valence-electron chi connectivity index (χ2n) is 3.96. The maximum absolute atomic E-state index is 11.2. The van der Waals surface area contributed by atoms with Crippen molar-refractivity contribution in [1.29, 1.82) is 0 Å². The van der Waals surface area contributed by atoms with E-state index in [1.165, 1.54) is 17.3 Å². The first-order chi connectivity index (χ1) is 8.18. The third kappa shape index (κ3) is 2.29. The highest BCUT2D eigenvalue weighted by Gasteiger charge is 2.34. The maximum Gasteiger partial charge on any atom is 0.327 e. The minimum absolute atomic E-state index is 0.177. The fourth-order valence-corrected chi connectivity index (χ4v) is 2.48. The number of carboxylic acid groups (broad SMARTS) is 1. The molecule has 1 aliphatic rings. The van der Waals surface area contributed by atoms with Gasteiger partial charge in [-0.1, -0.05) is 54.6 Å². The average Bonchev–Trinajstić information content (AvgIpc) is 2.39. The molecule has 0 fully saturated rings. The first-order valence-corrected chi connectivity index (χ1v) is 6.62. The third-order valence-corrected chi connectivity index (χ3v) is 4.08. The summed E-state index contributed by atoms with van der Waals surface area (Å²) < 4.78 is -0.898. The van der Waals surface area contributed by atoms with Gasteiger partial charge in [-0.3, -0.25) is 4.79 Å². The predicted octanol–water partition coefficient (Wildman–Crippen LogP) is 3.08. The number of allylic oxidation sites excluding steroid dienone is 2. The van der Waals surface area contributed by atoms with E-state index < -0.39 is 10.7 Å². The van der Waals surface area contributed by atoms with Gasteiger partial charge in [0.15, 0.2) is 0 Å². The fraction of sp³-hybridized carbons (Fsp3) is 0.214. The number of carbonyl (C=O) groups is 1. The molecule has 17 heavy (non-hydrogen) atoms. The standard InChI is InChI=1S/C14H14O2S/c1-17-14(13(15)16)9-7-12(8-10-14)11-5-3-2-4-6-11/h2-10,12H,1H3,(H,15,16). The van der Waals surface area contributed by atoms with Crippen molar-refractivity contribution in [2.24, 2.45) is 0 Å². The highest BCUT2D eigenvalue weighted by atomic mass is 32.2. The number of hydrogen-bond acceptors (Lipinski definition) is 2. The Bertz CT molecular complexity index is 448. The SMILES string of the molecule is CSC1(C(=O)O)C=CC(c2ccccc2)C=C1. The minimum atomic E-state index is -0.898. The molecule has 0 bridgehead atoms. The lowest BCUT2D eigenvalue weighted by Gasteiger charge is -2.24. The van der Waals surface area contributed by atoms with E-state index in [1.54, 1.807) is 12.2 Å². The Kier molecular flexibility index (Phi) is 3.38. The summed E-state index contributed by atoms with van der Waals surface area (Å²) in [6, 6.07) is 10.1. The second-order valence-corrected chi connectivity index (χ2v) is 5.04. The van der Waals surface area contributed by atoms with E-state index in [4.69, 9.17) is 0 Å². The van der Waals surface area contributed by atoms with Crippen molar-refractivity contribution in [3.05, 3.63) is 60.2 Å². The van der Waals surface area contributed by atoms with Crippen molar-refractivity contribution >= 4 is 17.7 Å². The van der Waals surface area contributed by atoms with Crippen molar-refractivity contribution in [3.63, 3.8) is 0 Å². The van der Waals surface area contributed by atoms with Gasteiger partial charge in [-0.15, -0.1) is 11.8 Å². The monoisotopic (exact) mass is 246 g/mol. The summed E-state index contributed by atoms with van der Waals surface area (Å²) in [4.78, 5) is 11.2. The summed E-state index contributed by atoms with van der Waals surface area (Å²) in [5.41, 5.74) is 1.18. The van der Waals surface area contributed by atoms with E-state index in [1.807, 2.05) is 48.7 Å². The van der Waals surface area contributed by atoms with Gasteiger partial charge in [0.25, 0.3) is 0 Å². The fourth-order valence-electron chi connectivity index (χ4n) is 1.88. The molecule has 0 unspecified atom stereocenters. The lowest BCUT2D eigenvalue weighted by atomic mass is 9.90. The molecule has 2 rings (SSSR count). The van der Waals surface area contributed by atoms with E-state index >= 15 is 0 Å². The molecule has 1 N–H and O–H groups in total. The van der Waals surface area contributed by atoms with Crippen molar-refractivity contribution in [1.82, 2.24) is 0 Å². The quantitative estimate of drug-likeness (QED) is 0.833. The zero-order valence-corrected chi connectivity index (χ0v) is 10.4. The molecule has 1 aromatic carbocycles. The average molecular weight is 246 g/mol. The molecule has 0 spiro atoms. The Morgan fingerprint density at radius 1 is 1.24 bits per heavy atom. The van der Waals surface area contributed by atoms with E-state index in [-0.39, 0.29) is 5.92 Å². The number of benzene rings is 1. The van der Waals surface area contributed by atoms with Gasteiger partial charge < -0.3 is 5.11 Å². The van der Waals surface area contributed by atoms with Crippen LogP contribution in [-0.2, 0) is 4.79 Å². The van der Waals surface area contributed by atoms with E-state index in [0.29, 0.717) is 0 Å². The molecule has 0 amide bonds. The smallest absolute Gasteiger partial charge is 0.327 e. The number of rotatable bonds is 3. The Morgan fingerprint density at radius 2 is 1.82 bits per heavy atom. The molecule has 0 aromatic heterocycles. The molecule has 0 radical (unpaired) electrons. The van der Waals surface area contributed by atoms with Crippen LogP contribution in [0.5, 0.6) is 0 Å². The Labute approximate surface area is 105 Å². The van der Waals surface area contributed by atoms with Gasteiger partial charge in [-0.25, -0.2) is 0 Å². The Morgan fingerprint density at radius 3 is 2.29 bits per heavy atom. The van der Waals surface area contributed by atoms with Crippen molar-refractivity contribution in [3.8, 4) is 0 Å². The molecule has 3 heteroatoms. The van der Waals surface area contributed by atoms with Crippen LogP contribution in [0, 0.1) is 0 Å². The first kappa shape index (κ1) is 12.0. The van der Waals surface area contributed by atoms with Crippen LogP contribution in [0.3, 0.4) is 0 Å². The molecule has 1 aromatic rings. The lowest BCUT2D eigenvalue weighted by molar-refractivity contribution is -0.137. The summed E-state index contributed by atoms with van der Waals surface area (Å²) in [5, 5.41) is 9.22. The van der Waals surface area contributed by atoms with Crippen LogP contribution in [0.2, 0.25) is 0 Å². The molecule has 1 aliphatic carbocycles. The minimum Gasteiger partial charge on any atom is -0.480 e. The molecule has 0 aliphatic heterocycles. The maximum atomic E-state index is 11.2. The molecular weight excluding hydrogens is 232 g/mol. The van der Waals surface area contributed by atoms with Crippen LogP contribution in [-0.4, -0.2) is 22.1 Å².